The monoisotopic (exact) mass is 332 g/mol. The van der Waals surface area contributed by atoms with Crippen LogP contribution in [0, 0.1) is 11.3 Å². The summed E-state index contributed by atoms with van der Waals surface area (Å²) in [5, 5.41) is 12.5. The van der Waals surface area contributed by atoms with E-state index in [1.165, 1.54) is 0 Å². The van der Waals surface area contributed by atoms with Crippen LogP contribution in [0.25, 0.3) is 0 Å². The number of hydrogen-bond acceptors (Lipinski definition) is 4. The molecule has 0 radical (unpaired) electrons. The maximum Gasteiger partial charge on any atom is 0.267 e. The molecule has 1 aromatic carbocycles. The number of halogens is 1. The third-order valence-electron chi connectivity index (χ3n) is 4.04. The van der Waals surface area contributed by atoms with E-state index < -0.39 is 5.91 Å². The topological polar surface area (TPSA) is 59.4 Å². The third-order valence-corrected chi connectivity index (χ3v) is 4.28. The lowest BCUT2D eigenvalue weighted by Crippen LogP contribution is -2.40. The molecule has 1 saturated heterocycles. The minimum absolute atomic E-state index is 0.0893. The average Bonchev–Trinajstić information content (AvgIpc) is 2.53. The zero-order valence-electron chi connectivity index (χ0n) is 13.4. The highest BCUT2D eigenvalue weighted by Gasteiger charge is 2.20. The molecule has 1 aromatic rings. The number of carbonyl (C=O) groups is 1. The van der Waals surface area contributed by atoms with Crippen molar-refractivity contribution in [3.63, 3.8) is 0 Å². The Morgan fingerprint density at radius 1 is 1.48 bits per heavy atom. The molecule has 0 aliphatic carbocycles. The molecular weight excluding hydrogens is 312 g/mol. The summed E-state index contributed by atoms with van der Waals surface area (Å²) in [6, 6.07) is 9.19. The molecule has 0 bridgehead atoms. The van der Waals surface area contributed by atoms with Gasteiger partial charge in [-0.15, -0.1) is 0 Å². The van der Waals surface area contributed by atoms with Crippen molar-refractivity contribution < 1.29 is 4.79 Å². The molecule has 1 heterocycles. The van der Waals surface area contributed by atoms with Gasteiger partial charge in [0.15, 0.2) is 0 Å². The molecule has 1 aliphatic rings. The minimum Gasteiger partial charge on any atom is -0.376 e. The molecule has 23 heavy (non-hydrogen) atoms. The van der Waals surface area contributed by atoms with Gasteiger partial charge in [-0.2, -0.15) is 5.26 Å². The number of benzene rings is 1. The molecule has 1 N–H and O–H groups in total. The maximum atomic E-state index is 12.2. The van der Waals surface area contributed by atoms with Gasteiger partial charge in [0, 0.05) is 30.0 Å². The van der Waals surface area contributed by atoms with Crippen molar-refractivity contribution in [2.45, 2.75) is 18.9 Å². The Kier molecular flexibility index (Phi) is 6.03. The van der Waals surface area contributed by atoms with Gasteiger partial charge in [0.05, 0.1) is 0 Å². The zero-order valence-corrected chi connectivity index (χ0v) is 14.2. The van der Waals surface area contributed by atoms with Gasteiger partial charge in [0.1, 0.15) is 11.6 Å². The van der Waals surface area contributed by atoms with Crippen LogP contribution >= 0.6 is 11.6 Å². The Balaban J connectivity index is 2.03. The van der Waals surface area contributed by atoms with E-state index in [1.807, 2.05) is 18.0 Å². The van der Waals surface area contributed by atoms with E-state index in [-0.39, 0.29) is 5.57 Å². The quantitative estimate of drug-likeness (QED) is 0.680. The summed E-state index contributed by atoms with van der Waals surface area (Å²) in [6.07, 6.45) is 3.69. The van der Waals surface area contributed by atoms with Crippen molar-refractivity contribution in [3.8, 4) is 6.07 Å². The highest BCUT2D eigenvalue weighted by atomic mass is 35.5. The lowest BCUT2D eigenvalue weighted by atomic mass is 10.0. The average molecular weight is 333 g/mol. The number of rotatable bonds is 4. The van der Waals surface area contributed by atoms with Crippen LogP contribution in [-0.4, -0.2) is 48.9 Å². The van der Waals surface area contributed by atoms with Crippen LogP contribution in [0.2, 0.25) is 5.02 Å². The molecule has 0 unspecified atom stereocenters. The lowest BCUT2D eigenvalue weighted by Gasteiger charge is -2.34. The number of likely N-dealkylation sites (tertiary alicyclic amines) is 1. The van der Waals surface area contributed by atoms with Gasteiger partial charge >= 0.3 is 0 Å². The van der Waals surface area contributed by atoms with Crippen LogP contribution in [0.5, 0.6) is 0 Å². The van der Waals surface area contributed by atoms with E-state index in [2.05, 4.69) is 17.3 Å². The van der Waals surface area contributed by atoms with E-state index in [1.54, 1.807) is 30.5 Å². The number of nitrogens with zero attached hydrogens (tertiary/aromatic N) is 3. The summed E-state index contributed by atoms with van der Waals surface area (Å²) >= 11 is 5.90. The Morgan fingerprint density at radius 2 is 2.17 bits per heavy atom. The summed E-state index contributed by atoms with van der Waals surface area (Å²) in [4.78, 5) is 16.5. The van der Waals surface area contributed by atoms with E-state index in [0.717, 1.165) is 25.9 Å². The van der Waals surface area contributed by atoms with Crippen molar-refractivity contribution in [1.82, 2.24) is 9.80 Å². The number of hydrogen-bond donors (Lipinski definition) is 1. The summed E-state index contributed by atoms with van der Waals surface area (Å²) in [5.41, 5.74) is 0.664. The van der Waals surface area contributed by atoms with Gasteiger partial charge in [0.2, 0.25) is 0 Å². The fourth-order valence-corrected chi connectivity index (χ4v) is 2.80. The zero-order chi connectivity index (χ0) is 16.8. The SMILES string of the molecule is CN1CCC(N(C)/C=C(/C#N)C(=O)Nc2cccc(Cl)c2)CC1. The molecule has 0 aromatic heterocycles. The Bertz CT molecular complexity index is 630. The Morgan fingerprint density at radius 3 is 2.78 bits per heavy atom. The van der Waals surface area contributed by atoms with Gasteiger partial charge < -0.3 is 15.1 Å². The number of nitrogens with one attached hydrogen (secondary N) is 1. The predicted octanol–water partition coefficient (Wildman–Crippen LogP) is 2.71. The second kappa shape index (κ2) is 8.00. The van der Waals surface area contributed by atoms with Crippen LogP contribution in [0.15, 0.2) is 36.0 Å². The van der Waals surface area contributed by atoms with E-state index in [4.69, 9.17) is 11.6 Å². The standard InChI is InChI=1S/C17H21ClN4O/c1-21-8-6-16(7-9-21)22(2)12-13(11-19)17(23)20-15-5-3-4-14(18)10-15/h3-5,10,12,16H,6-9H2,1-2H3,(H,20,23)/b13-12-. The van der Waals surface area contributed by atoms with Crippen molar-refractivity contribution in [2.75, 3.05) is 32.5 Å². The van der Waals surface area contributed by atoms with Gasteiger partial charge in [-0.25, -0.2) is 0 Å². The van der Waals surface area contributed by atoms with Gasteiger partial charge in [-0.05, 0) is 51.2 Å². The van der Waals surface area contributed by atoms with E-state index in [0.29, 0.717) is 16.8 Å². The fourth-order valence-electron chi connectivity index (χ4n) is 2.61. The molecule has 6 heteroatoms. The van der Waals surface area contributed by atoms with Crippen LogP contribution in [0.1, 0.15) is 12.8 Å². The number of carbonyl (C=O) groups excluding carboxylic acids is 1. The molecule has 2 rings (SSSR count). The van der Waals surface area contributed by atoms with Crippen LogP contribution in [0.3, 0.4) is 0 Å². The molecule has 5 nitrogen and oxygen atoms in total. The van der Waals surface area contributed by atoms with E-state index >= 15 is 0 Å². The lowest BCUT2D eigenvalue weighted by molar-refractivity contribution is -0.112. The molecule has 122 valence electrons. The van der Waals surface area contributed by atoms with Crippen molar-refractivity contribution >= 4 is 23.2 Å². The fraction of sp³-hybridized carbons (Fsp3) is 0.412. The smallest absolute Gasteiger partial charge is 0.267 e. The van der Waals surface area contributed by atoms with Crippen molar-refractivity contribution in [1.29, 1.82) is 5.26 Å². The third kappa shape index (κ3) is 4.98. The van der Waals surface area contributed by atoms with Gasteiger partial charge in [-0.1, -0.05) is 17.7 Å². The largest absolute Gasteiger partial charge is 0.376 e. The second-order valence-corrected chi connectivity index (χ2v) is 6.26. The van der Waals surface area contributed by atoms with E-state index in [9.17, 15) is 10.1 Å². The molecule has 0 atom stereocenters. The van der Waals surface area contributed by atoms with Crippen LogP contribution in [-0.2, 0) is 4.79 Å². The van der Waals surface area contributed by atoms with Crippen molar-refractivity contribution in [2.24, 2.45) is 0 Å². The summed E-state index contributed by atoms with van der Waals surface area (Å²) in [7, 11) is 4.02. The maximum absolute atomic E-state index is 12.2. The van der Waals surface area contributed by atoms with Gasteiger partial charge in [0.25, 0.3) is 5.91 Å². The summed E-state index contributed by atoms with van der Waals surface area (Å²) in [5.74, 6) is -0.422. The highest BCUT2D eigenvalue weighted by Crippen LogP contribution is 2.17. The molecule has 0 spiro atoms. The van der Waals surface area contributed by atoms with Gasteiger partial charge in [-0.3, -0.25) is 4.79 Å². The number of piperidine rings is 1. The van der Waals surface area contributed by atoms with Crippen molar-refractivity contribution in [3.05, 3.63) is 41.1 Å². The highest BCUT2D eigenvalue weighted by molar-refractivity contribution is 6.31. The number of nitriles is 1. The summed E-state index contributed by atoms with van der Waals surface area (Å²) < 4.78 is 0. The molecule has 1 aliphatic heterocycles. The Hall–Kier alpha value is -2.03. The number of amides is 1. The first-order chi connectivity index (χ1) is 11.0. The number of anilines is 1. The first-order valence-corrected chi connectivity index (χ1v) is 7.96. The predicted molar refractivity (Wildman–Crippen MR) is 92.1 cm³/mol. The molecule has 1 fully saturated rings. The first kappa shape index (κ1) is 17.3. The normalized spacial score (nSPS) is 16.7. The van der Waals surface area contributed by atoms with Crippen LogP contribution in [0.4, 0.5) is 5.69 Å². The Labute approximate surface area is 142 Å². The first-order valence-electron chi connectivity index (χ1n) is 7.59. The second-order valence-electron chi connectivity index (χ2n) is 5.82. The van der Waals surface area contributed by atoms with Crippen LogP contribution < -0.4 is 5.32 Å². The molecule has 0 saturated carbocycles. The molecular formula is C17H21ClN4O. The summed E-state index contributed by atoms with van der Waals surface area (Å²) in [6.45, 7) is 2.05. The molecule has 1 amide bonds. The minimum atomic E-state index is -0.422.